The van der Waals surface area contributed by atoms with Crippen molar-refractivity contribution in [3.8, 4) is 11.5 Å². The van der Waals surface area contributed by atoms with Crippen LogP contribution >= 0.6 is 0 Å². The van der Waals surface area contributed by atoms with Crippen LogP contribution in [0.2, 0.25) is 0 Å². The van der Waals surface area contributed by atoms with E-state index in [-0.39, 0.29) is 0 Å². The van der Waals surface area contributed by atoms with Gasteiger partial charge in [0.25, 0.3) is 0 Å². The Morgan fingerprint density at radius 2 is 2.06 bits per heavy atom. The quantitative estimate of drug-likeness (QED) is 0.827. The smallest absolute Gasteiger partial charge is 0.129 e. The average molecular weight is 221 g/mol. The Bertz CT molecular complexity index is 372. The molecule has 0 radical (unpaired) electrons. The second kappa shape index (κ2) is 6.18. The van der Waals surface area contributed by atoms with E-state index in [2.05, 4.69) is 18.3 Å². The highest BCUT2D eigenvalue weighted by atomic mass is 16.5. The summed E-state index contributed by atoms with van der Waals surface area (Å²) in [5, 5.41) is 3.11. The Morgan fingerprint density at radius 1 is 1.31 bits per heavy atom. The summed E-state index contributed by atoms with van der Waals surface area (Å²) in [4.78, 5) is 0. The van der Waals surface area contributed by atoms with Crippen molar-refractivity contribution in [2.75, 3.05) is 27.8 Å². The number of hydrogen-bond donors (Lipinski definition) is 1. The summed E-state index contributed by atoms with van der Waals surface area (Å²) in [6, 6.07) is 5.82. The highest BCUT2D eigenvalue weighted by Gasteiger charge is 2.02. The molecule has 1 aromatic rings. The zero-order valence-electron chi connectivity index (χ0n) is 10.3. The number of nitrogens with one attached hydrogen (secondary N) is 1. The molecule has 1 rings (SSSR count). The average Bonchev–Trinajstić information content (AvgIpc) is 2.30. The lowest BCUT2D eigenvalue weighted by atomic mass is 10.1. The number of benzene rings is 1. The van der Waals surface area contributed by atoms with Crippen molar-refractivity contribution in [3.05, 3.63) is 29.3 Å². The number of ether oxygens (including phenoxy) is 2. The van der Waals surface area contributed by atoms with Gasteiger partial charge in [-0.2, -0.15) is 0 Å². The Balaban J connectivity index is 2.99. The van der Waals surface area contributed by atoms with Crippen molar-refractivity contribution in [3.63, 3.8) is 0 Å². The van der Waals surface area contributed by atoms with Crippen LogP contribution in [-0.2, 0) is 0 Å². The topological polar surface area (TPSA) is 30.5 Å². The van der Waals surface area contributed by atoms with Gasteiger partial charge in [0.15, 0.2) is 0 Å². The van der Waals surface area contributed by atoms with Crippen LogP contribution in [-0.4, -0.2) is 27.8 Å². The first-order valence-corrected chi connectivity index (χ1v) is 5.25. The molecule has 0 fully saturated rings. The molecule has 16 heavy (non-hydrogen) atoms. The molecule has 0 bridgehead atoms. The van der Waals surface area contributed by atoms with E-state index in [9.17, 15) is 0 Å². The minimum atomic E-state index is 0.806. The van der Waals surface area contributed by atoms with Crippen molar-refractivity contribution in [1.29, 1.82) is 0 Å². The van der Waals surface area contributed by atoms with E-state index in [0.29, 0.717) is 0 Å². The van der Waals surface area contributed by atoms with Crippen LogP contribution < -0.4 is 14.8 Å². The van der Waals surface area contributed by atoms with Gasteiger partial charge in [-0.15, -0.1) is 0 Å². The minimum Gasteiger partial charge on any atom is -0.497 e. The first kappa shape index (κ1) is 12.6. The maximum Gasteiger partial charge on any atom is 0.129 e. The van der Waals surface area contributed by atoms with Gasteiger partial charge in [0.1, 0.15) is 11.5 Å². The maximum absolute atomic E-state index is 5.32. The monoisotopic (exact) mass is 221 g/mol. The van der Waals surface area contributed by atoms with Crippen molar-refractivity contribution in [2.24, 2.45) is 0 Å². The van der Waals surface area contributed by atoms with E-state index >= 15 is 0 Å². The lowest BCUT2D eigenvalue weighted by Crippen LogP contribution is -2.08. The molecule has 0 aliphatic rings. The first-order chi connectivity index (χ1) is 7.71. The van der Waals surface area contributed by atoms with E-state index in [1.807, 2.05) is 25.2 Å². The molecule has 0 saturated carbocycles. The molecule has 3 heteroatoms. The van der Waals surface area contributed by atoms with Crippen molar-refractivity contribution >= 4 is 6.08 Å². The zero-order chi connectivity index (χ0) is 12.0. The molecule has 0 aromatic heterocycles. The van der Waals surface area contributed by atoms with Crippen molar-refractivity contribution < 1.29 is 9.47 Å². The predicted molar refractivity (Wildman–Crippen MR) is 67.1 cm³/mol. The van der Waals surface area contributed by atoms with Crippen LogP contribution in [0, 0.1) is 0 Å². The first-order valence-electron chi connectivity index (χ1n) is 5.25. The molecule has 1 N–H and O–H groups in total. The molecular weight excluding hydrogens is 202 g/mol. The number of rotatable bonds is 5. The summed E-state index contributed by atoms with van der Waals surface area (Å²) in [5.74, 6) is 1.63. The standard InChI is InChI=1S/C13H19NO2/c1-10(9-14-2)7-11-5-6-12(15-3)8-13(11)16-4/h5-8,14H,9H2,1-4H3. The van der Waals surface area contributed by atoms with Gasteiger partial charge in [0.05, 0.1) is 14.2 Å². The molecular formula is C13H19NO2. The zero-order valence-corrected chi connectivity index (χ0v) is 10.3. The Labute approximate surface area is 97.1 Å². The van der Waals surface area contributed by atoms with Gasteiger partial charge in [-0.05, 0) is 26.1 Å². The lowest BCUT2D eigenvalue weighted by Gasteiger charge is -2.08. The van der Waals surface area contributed by atoms with E-state index in [1.54, 1.807) is 14.2 Å². The van der Waals surface area contributed by atoms with E-state index in [1.165, 1.54) is 5.57 Å². The van der Waals surface area contributed by atoms with Crippen LogP contribution in [0.5, 0.6) is 11.5 Å². The second-order valence-electron chi connectivity index (χ2n) is 3.63. The predicted octanol–water partition coefficient (Wildman–Crippen LogP) is 2.33. The SMILES string of the molecule is CNCC(C)=Cc1ccc(OC)cc1OC. The third kappa shape index (κ3) is 3.28. The lowest BCUT2D eigenvalue weighted by molar-refractivity contribution is 0.393. The molecule has 1 aromatic carbocycles. The molecule has 0 unspecified atom stereocenters. The Kier molecular flexibility index (Phi) is 4.86. The molecule has 0 heterocycles. The van der Waals surface area contributed by atoms with Crippen LogP contribution in [0.25, 0.3) is 6.08 Å². The maximum atomic E-state index is 5.32. The van der Waals surface area contributed by atoms with Crippen LogP contribution in [0.1, 0.15) is 12.5 Å². The summed E-state index contributed by atoms with van der Waals surface area (Å²) in [5.41, 5.74) is 2.32. The molecule has 0 amide bonds. The summed E-state index contributed by atoms with van der Waals surface area (Å²) >= 11 is 0. The summed E-state index contributed by atoms with van der Waals surface area (Å²) in [6.07, 6.45) is 2.11. The van der Waals surface area contributed by atoms with Crippen molar-refractivity contribution in [1.82, 2.24) is 5.32 Å². The fourth-order valence-corrected chi connectivity index (χ4v) is 1.53. The van der Waals surface area contributed by atoms with Gasteiger partial charge in [-0.1, -0.05) is 11.6 Å². The fourth-order valence-electron chi connectivity index (χ4n) is 1.53. The largest absolute Gasteiger partial charge is 0.497 e. The second-order valence-corrected chi connectivity index (χ2v) is 3.63. The molecule has 0 saturated heterocycles. The Morgan fingerprint density at radius 3 is 2.62 bits per heavy atom. The molecule has 88 valence electrons. The van der Waals surface area contributed by atoms with Gasteiger partial charge in [-0.3, -0.25) is 0 Å². The summed E-state index contributed by atoms with van der Waals surface area (Å²) in [6.45, 7) is 2.95. The third-order valence-corrected chi connectivity index (χ3v) is 2.30. The molecule has 0 atom stereocenters. The number of methoxy groups -OCH3 is 2. The minimum absolute atomic E-state index is 0.806. The van der Waals surface area contributed by atoms with E-state index in [0.717, 1.165) is 23.6 Å². The third-order valence-electron chi connectivity index (χ3n) is 2.30. The van der Waals surface area contributed by atoms with Crippen LogP contribution in [0.3, 0.4) is 0 Å². The van der Waals surface area contributed by atoms with E-state index in [4.69, 9.17) is 9.47 Å². The van der Waals surface area contributed by atoms with Gasteiger partial charge in [0.2, 0.25) is 0 Å². The number of hydrogen-bond acceptors (Lipinski definition) is 3. The fraction of sp³-hybridized carbons (Fsp3) is 0.385. The van der Waals surface area contributed by atoms with Gasteiger partial charge >= 0.3 is 0 Å². The molecule has 0 aliphatic heterocycles. The van der Waals surface area contributed by atoms with E-state index < -0.39 is 0 Å². The van der Waals surface area contributed by atoms with Crippen LogP contribution in [0.15, 0.2) is 23.8 Å². The van der Waals surface area contributed by atoms with Crippen molar-refractivity contribution in [2.45, 2.75) is 6.92 Å². The Hall–Kier alpha value is -1.48. The van der Waals surface area contributed by atoms with Crippen LogP contribution in [0.4, 0.5) is 0 Å². The summed E-state index contributed by atoms with van der Waals surface area (Å²) in [7, 11) is 5.25. The molecule has 3 nitrogen and oxygen atoms in total. The number of likely N-dealkylation sites (N-methyl/N-ethyl adjacent to an activating group) is 1. The highest BCUT2D eigenvalue weighted by Crippen LogP contribution is 2.26. The molecule has 0 aliphatic carbocycles. The van der Waals surface area contributed by atoms with Gasteiger partial charge in [0, 0.05) is 18.2 Å². The van der Waals surface area contributed by atoms with Gasteiger partial charge in [-0.25, -0.2) is 0 Å². The highest BCUT2D eigenvalue weighted by molar-refractivity contribution is 5.61. The summed E-state index contributed by atoms with van der Waals surface area (Å²) < 4.78 is 10.5. The molecule has 0 spiro atoms. The van der Waals surface area contributed by atoms with Gasteiger partial charge < -0.3 is 14.8 Å². The normalized spacial score (nSPS) is 11.4.